The molecule has 100 valence electrons. The predicted octanol–water partition coefficient (Wildman–Crippen LogP) is 3.04. The van der Waals surface area contributed by atoms with Crippen molar-refractivity contribution in [2.75, 3.05) is 24.5 Å². The van der Waals surface area contributed by atoms with E-state index in [1.165, 1.54) is 18.9 Å². The van der Waals surface area contributed by atoms with Gasteiger partial charge in [-0.1, -0.05) is 12.1 Å². The molecule has 2 rings (SSSR count). The average molecular weight is 250 g/mol. The van der Waals surface area contributed by atoms with Crippen LogP contribution in [0.1, 0.15) is 26.7 Å². The van der Waals surface area contributed by atoms with Crippen molar-refractivity contribution < 1.29 is 4.39 Å². The van der Waals surface area contributed by atoms with Crippen LogP contribution in [-0.4, -0.2) is 25.7 Å². The topological polar surface area (TPSA) is 15.3 Å². The molecule has 1 aliphatic rings. The molecule has 0 aliphatic heterocycles. The maximum Gasteiger partial charge on any atom is 0.146 e. The van der Waals surface area contributed by atoms with Crippen molar-refractivity contribution in [3.63, 3.8) is 0 Å². The van der Waals surface area contributed by atoms with Crippen LogP contribution < -0.4 is 10.2 Å². The van der Waals surface area contributed by atoms with Gasteiger partial charge in [0.25, 0.3) is 0 Å². The minimum absolute atomic E-state index is 0.130. The number of nitrogens with one attached hydrogen (secondary N) is 1. The van der Waals surface area contributed by atoms with Gasteiger partial charge in [-0.2, -0.15) is 0 Å². The van der Waals surface area contributed by atoms with Crippen molar-refractivity contribution in [1.82, 2.24) is 5.32 Å². The number of benzene rings is 1. The van der Waals surface area contributed by atoms with Crippen LogP contribution in [0.3, 0.4) is 0 Å². The summed E-state index contributed by atoms with van der Waals surface area (Å²) in [5.41, 5.74) is 0.709. The van der Waals surface area contributed by atoms with Gasteiger partial charge in [0, 0.05) is 25.7 Å². The Morgan fingerprint density at radius 3 is 2.72 bits per heavy atom. The van der Waals surface area contributed by atoms with Gasteiger partial charge in [-0.25, -0.2) is 4.39 Å². The zero-order chi connectivity index (χ0) is 13.0. The Labute approximate surface area is 109 Å². The summed E-state index contributed by atoms with van der Waals surface area (Å²) >= 11 is 0. The van der Waals surface area contributed by atoms with Crippen LogP contribution in [0.4, 0.5) is 10.1 Å². The van der Waals surface area contributed by atoms with Gasteiger partial charge in [0.1, 0.15) is 5.82 Å². The van der Waals surface area contributed by atoms with E-state index in [0.29, 0.717) is 11.7 Å². The molecule has 0 amide bonds. The molecule has 1 unspecified atom stereocenters. The molecule has 1 aromatic rings. The zero-order valence-corrected chi connectivity index (χ0v) is 11.3. The fourth-order valence-electron chi connectivity index (χ4n) is 2.35. The van der Waals surface area contributed by atoms with E-state index in [4.69, 9.17) is 0 Å². The van der Waals surface area contributed by atoms with Crippen LogP contribution in [0, 0.1) is 11.7 Å². The third kappa shape index (κ3) is 3.45. The number of rotatable bonds is 7. The van der Waals surface area contributed by atoms with Gasteiger partial charge >= 0.3 is 0 Å². The van der Waals surface area contributed by atoms with Gasteiger partial charge in [-0.15, -0.1) is 0 Å². The third-order valence-corrected chi connectivity index (χ3v) is 3.75. The van der Waals surface area contributed by atoms with Crippen molar-refractivity contribution >= 4 is 5.69 Å². The van der Waals surface area contributed by atoms with E-state index < -0.39 is 0 Å². The lowest BCUT2D eigenvalue weighted by Gasteiger charge is -2.24. The van der Waals surface area contributed by atoms with Gasteiger partial charge in [-0.05, 0) is 44.7 Å². The second-order valence-electron chi connectivity index (χ2n) is 5.11. The van der Waals surface area contributed by atoms with Crippen LogP contribution >= 0.6 is 0 Å². The summed E-state index contributed by atoms with van der Waals surface area (Å²) in [6.07, 6.45) is 2.72. The van der Waals surface area contributed by atoms with Gasteiger partial charge in [0.15, 0.2) is 0 Å². The molecule has 1 fully saturated rings. The lowest BCUT2D eigenvalue weighted by atomic mass is 10.2. The predicted molar refractivity (Wildman–Crippen MR) is 74.5 cm³/mol. The van der Waals surface area contributed by atoms with Crippen molar-refractivity contribution in [2.24, 2.45) is 5.92 Å². The molecule has 1 atom stereocenters. The quantitative estimate of drug-likeness (QED) is 0.800. The lowest BCUT2D eigenvalue weighted by molar-refractivity contribution is 0.497. The van der Waals surface area contributed by atoms with Crippen LogP contribution in [0.25, 0.3) is 0 Å². The molecule has 0 aromatic heterocycles. The van der Waals surface area contributed by atoms with Crippen molar-refractivity contribution in [2.45, 2.75) is 32.7 Å². The van der Waals surface area contributed by atoms with Gasteiger partial charge < -0.3 is 10.2 Å². The standard InChI is InChI=1S/C15H23FN2/c1-3-18(15-7-5-4-6-14(15)16)11-10-17-12(2)13-8-9-13/h4-7,12-13,17H,3,8-11H2,1-2H3. The molecule has 0 bridgehead atoms. The average Bonchev–Trinajstić information content (AvgIpc) is 3.20. The number of hydrogen-bond donors (Lipinski definition) is 1. The van der Waals surface area contributed by atoms with Crippen molar-refractivity contribution in [1.29, 1.82) is 0 Å². The number of nitrogens with zero attached hydrogens (tertiary/aromatic N) is 1. The van der Waals surface area contributed by atoms with E-state index in [0.717, 1.165) is 25.6 Å². The summed E-state index contributed by atoms with van der Waals surface area (Å²) in [5.74, 6) is 0.739. The highest BCUT2D eigenvalue weighted by Crippen LogP contribution is 2.32. The first-order valence-corrected chi connectivity index (χ1v) is 6.95. The van der Waals surface area contributed by atoms with E-state index in [9.17, 15) is 4.39 Å². The summed E-state index contributed by atoms with van der Waals surface area (Å²) in [5, 5.41) is 3.53. The first kappa shape index (κ1) is 13.3. The van der Waals surface area contributed by atoms with Crippen LogP contribution in [0.15, 0.2) is 24.3 Å². The molecular formula is C15H23FN2. The number of anilines is 1. The van der Waals surface area contributed by atoms with Gasteiger partial charge in [0.2, 0.25) is 0 Å². The van der Waals surface area contributed by atoms with E-state index in [-0.39, 0.29) is 5.82 Å². The van der Waals surface area contributed by atoms with E-state index in [1.807, 2.05) is 12.1 Å². The molecule has 0 spiro atoms. The monoisotopic (exact) mass is 250 g/mol. The van der Waals surface area contributed by atoms with Crippen molar-refractivity contribution in [3.8, 4) is 0 Å². The van der Waals surface area contributed by atoms with E-state index >= 15 is 0 Å². The first-order chi connectivity index (χ1) is 8.72. The minimum atomic E-state index is -0.130. The Balaban J connectivity index is 1.83. The molecule has 0 radical (unpaired) electrons. The molecule has 18 heavy (non-hydrogen) atoms. The Bertz CT molecular complexity index is 377. The van der Waals surface area contributed by atoms with Gasteiger partial charge in [-0.3, -0.25) is 0 Å². The summed E-state index contributed by atoms with van der Waals surface area (Å²) in [7, 11) is 0. The molecule has 1 aromatic carbocycles. The molecule has 1 saturated carbocycles. The lowest BCUT2D eigenvalue weighted by Crippen LogP contribution is -2.37. The zero-order valence-electron chi connectivity index (χ0n) is 11.3. The highest BCUT2D eigenvalue weighted by atomic mass is 19.1. The number of halogens is 1. The molecule has 1 N–H and O–H groups in total. The molecule has 2 nitrogen and oxygen atoms in total. The molecule has 0 heterocycles. The van der Waals surface area contributed by atoms with E-state index in [1.54, 1.807) is 6.07 Å². The summed E-state index contributed by atoms with van der Waals surface area (Å²) in [6, 6.07) is 7.60. The molecular weight excluding hydrogens is 227 g/mol. The maximum atomic E-state index is 13.7. The summed E-state index contributed by atoms with van der Waals surface area (Å²) in [6.45, 7) is 6.92. The fraction of sp³-hybridized carbons (Fsp3) is 0.600. The minimum Gasteiger partial charge on any atom is -0.368 e. The fourth-order valence-corrected chi connectivity index (χ4v) is 2.35. The molecule has 0 saturated heterocycles. The summed E-state index contributed by atoms with van der Waals surface area (Å²) in [4.78, 5) is 2.09. The van der Waals surface area contributed by atoms with Crippen LogP contribution in [0.2, 0.25) is 0 Å². The normalized spacial score (nSPS) is 16.6. The van der Waals surface area contributed by atoms with Gasteiger partial charge in [0.05, 0.1) is 5.69 Å². The third-order valence-electron chi connectivity index (χ3n) is 3.75. The van der Waals surface area contributed by atoms with E-state index in [2.05, 4.69) is 24.1 Å². The Hall–Kier alpha value is -1.09. The smallest absolute Gasteiger partial charge is 0.146 e. The SMILES string of the molecule is CCN(CCNC(C)C1CC1)c1ccccc1F. The Kier molecular flexibility index (Phi) is 4.59. The second-order valence-corrected chi connectivity index (χ2v) is 5.11. The summed E-state index contributed by atoms with van der Waals surface area (Å²) < 4.78 is 13.7. The molecule has 3 heteroatoms. The second kappa shape index (κ2) is 6.19. The van der Waals surface area contributed by atoms with Crippen LogP contribution in [-0.2, 0) is 0 Å². The number of likely N-dealkylation sites (N-methyl/N-ethyl adjacent to an activating group) is 1. The highest BCUT2D eigenvalue weighted by Gasteiger charge is 2.27. The highest BCUT2D eigenvalue weighted by molar-refractivity contribution is 5.47. The maximum absolute atomic E-state index is 13.7. The molecule has 1 aliphatic carbocycles. The van der Waals surface area contributed by atoms with Crippen molar-refractivity contribution in [3.05, 3.63) is 30.1 Å². The van der Waals surface area contributed by atoms with Crippen LogP contribution in [0.5, 0.6) is 0 Å². The number of para-hydroxylation sites is 1. The largest absolute Gasteiger partial charge is 0.368 e. The Morgan fingerprint density at radius 1 is 1.39 bits per heavy atom. The first-order valence-electron chi connectivity index (χ1n) is 6.95. The Morgan fingerprint density at radius 2 is 2.11 bits per heavy atom. The number of hydrogen-bond acceptors (Lipinski definition) is 2.